The molecule has 0 radical (unpaired) electrons. The van der Waals surface area contributed by atoms with Crippen LogP contribution in [0.3, 0.4) is 0 Å². The van der Waals surface area contributed by atoms with Gasteiger partial charge in [0.1, 0.15) is 11.4 Å². The van der Waals surface area contributed by atoms with Crippen molar-refractivity contribution in [2.45, 2.75) is 71.8 Å². The quantitative estimate of drug-likeness (QED) is 0.497. The maximum Gasteiger partial charge on any atom is 0.494 e. The van der Waals surface area contributed by atoms with Crippen molar-refractivity contribution in [3.05, 3.63) is 76.0 Å². The average molecular weight is 509 g/mol. The highest BCUT2D eigenvalue weighted by Gasteiger charge is 2.51. The lowest BCUT2D eigenvalue weighted by atomic mass is 9.79. The van der Waals surface area contributed by atoms with Crippen LogP contribution in [0.4, 0.5) is 10.1 Å². The summed E-state index contributed by atoms with van der Waals surface area (Å²) in [5.41, 5.74) is -1.72. The summed E-state index contributed by atoms with van der Waals surface area (Å²) in [6.45, 7) is 12.6. The number of aliphatic hydroxyl groups is 1. The molecule has 3 aromatic rings. The highest BCUT2D eigenvalue weighted by Crippen LogP contribution is 2.36. The van der Waals surface area contributed by atoms with Crippen molar-refractivity contribution < 1.29 is 23.6 Å². The molecule has 1 aliphatic heterocycles. The molecule has 1 fully saturated rings. The second-order valence-electron chi connectivity index (χ2n) is 11.1. The van der Waals surface area contributed by atoms with Crippen LogP contribution in [-0.4, -0.2) is 44.3 Å². The smallest absolute Gasteiger partial charge is 0.399 e. The largest absolute Gasteiger partial charge is 0.494 e. The standard InChI is InChI=1S/C27H33BFN3O5/c1-17-22(24(34)32(19-11-9-8-10-12-19)31(17)16-25(2,3)35)23(33)30-21-14-13-18(15-20(21)29)28-36-26(4,5)27(6,7)37-28/h8-15,35H,16H2,1-7H3,(H,30,33). The van der Waals surface area contributed by atoms with Crippen LogP contribution in [0.2, 0.25) is 0 Å². The van der Waals surface area contributed by atoms with Crippen LogP contribution in [0.1, 0.15) is 57.6 Å². The lowest BCUT2D eigenvalue weighted by Gasteiger charge is -2.32. The molecule has 37 heavy (non-hydrogen) atoms. The number of carbonyl (C=O) groups excluding carboxylic acids is 1. The molecule has 1 aliphatic rings. The first-order valence-corrected chi connectivity index (χ1v) is 12.2. The summed E-state index contributed by atoms with van der Waals surface area (Å²) >= 11 is 0. The van der Waals surface area contributed by atoms with E-state index in [2.05, 4.69) is 5.32 Å². The van der Waals surface area contributed by atoms with E-state index in [0.717, 1.165) is 0 Å². The number of benzene rings is 2. The first-order valence-electron chi connectivity index (χ1n) is 12.2. The third-order valence-electron chi connectivity index (χ3n) is 6.93. The van der Waals surface area contributed by atoms with Crippen LogP contribution in [0, 0.1) is 12.7 Å². The topological polar surface area (TPSA) is 94.7 Å². The summed E-state index contributed by atoms with van der Waals surface area (Å²) in [5.74, 6) is -1.43. The minimum Gasteiger partial charge on any atom is -0.399 e. The minimum absolute atomic E-state index is 0.0629. The second-order valence-corrected chi connectivity index (χ2v) is 11.1. The number of nitrogens with zero attached hydrogens (tertiary/aromatic N) is 2. The number of nitrogens with one attached hydrogen (secondary N) is 1. The van der Waals surface area contributed by atoms with Gasteiger partial charge in [0.15, 0.2) is 0 Å². The Morgan fingerprint density at radius 3 is 2.22 bits per heavy atom. The van der Waals surface area contributed by atoms with E-state index < -0.39 is 41.2 Å². The number of amides is 1. The zero-order chi connectivity index (χ0) is 27.3. The Kier molecular flexibility index (Phi) is 6.73. The normalized spacial score (nSPS) is 16.7. The van der Waals surface area contributed by atoms with Crippen molar-refractivity contribution in [1.82, 2.24) is 9.36 Å². The number of anilines is 1. The summed E-state index contributed by atoms with van der Waals surface area (Å²) < 4.78 is 30.0. The lowest BCUT2D eigenvalue weighted by molar-refractivity contribution is 0.00578. The molecule has 2 heterocycles. The van der Waals surface area contributed by atoms with Gasteiger partial charge in [-0.2, -0.15) is 0 Å². The van der Waals surface area contributed by atoms with Crippen molar-refractivity contribution in [2.75, 3.05) is 5.32 Å². The van der Waals surface area contributed by atoms with Gasteiger partial charge in [0.25, 0.3) is 11.5 Å². The van der Waals surface area contributed by atoms with Gasteiger partial charge in [0.05, 0.1) is 40.4 Å². The fraction of sp³-hybridized carbons (Fsp3) is 0.407. The molecule has 0 atom stereocenters. The molecule has 0 unspecified atom stereocenters. The minimum atomic E-state index is -1.16. The zero-order valence-electron chi connectivity index (χ0n) is 22.3. The molecule has 1 saturated heterocycles. The van der Waals surface area contributed by atoms with E-state index in [4.69, 9.17) is 9.31 Å². The maximum atomic E-state index is 15.1. The Labute approximate surface area is 216 Å². The van der Waals surface area contributed by atoms with Crippen molar-refractivity contribution in [1.29, 1.82) is 0 Å². The van der Waals surface area contributed by atoms with Gasteiger partial charge >= 0.3 is 7.12 Å². The number of para-hydroxylation sites is 1. The predicted molar refractivity (Wildman–Crippen MR) is 141 cm³/mol. The van der Waals surface area contributed by atoms with E-state index in [1.807, 2.05) is 33.8 Å². The highest BCUT2D eigenvalue weighted by atomic mass is 19.1. The van der Waals surface area contributed by atoms with Crippen molar-refractivity contribution >= 4 is 24.2 Å². The van der Waals surface area contributed by atoms with Gasteiger partial charge in [-0.25, -0.2) is 9.07 Å². The second kappa shape index (κ2) is 9.27. The number of rotatable bonds is 6. The Morgan fingerprint density at radius 2 is 1.68 bits per heavy atom. The van der Waals surface area contributed by atoms with Gasteiger partial charge < -0.3 is 19.7 Å². The number of carbonyl (C=O) groups is 1. The van der Waals surface area contributed by atoms with E-state index in [9.17, 15) is 14.7 Å². The molecule has 1 aromatic heterocycles. The average Bonchev–Trinajstić information content (AvgIpc) is 3.16. The Hall–Kier alpha value is -3.21. The summed E-state index contributed by atoms with van der Waals surface area (Å²) in [5, 5.41) is 13.0. The number of hydrogen-bond acceptors (Lipinski definition) is 5. The van der Waals surface area contributed by atoms with Gasteiger partial charge in [0, 0.05) is 0 Å². The summed E-state index contributed by atoms with van der Waals surface area (Å²) in [7, 11) is -0.750. The monoisotopic (exact) mass is 509 g/mol. The van der Waals surface area contributed by atoms with Crippen LogP contribution in [0.25, 0.3) is 5.69 Å². The van der Waals surface area contributed by atoms with Crippen molar-refractivity contribution in [3.8, 4) is 5.69 Å². The van der Waals surface area contributed by atoms with E-state index in [0.29, 0.717) is 16.8 Å². The molecule has 4 rings (SSSR count). The number of hydrogen-bond donors (Lipinski definition) is 2. The van der Waals surface area contributed by atoms with Gasteiger partial charge in [-0.1, -0.05) is 24.3 Å². The molecule has 10 heteroatoms. The first-order chi connectivity index (χ1) is 17.1. The van der Waals surface area contributed by atoms with Gasteiger partial charge in [0.2, 0.25) is 0 Å². The fourth-order valence-corrected chi connectivity index (χ4v) is 4.24. The molecular formula is C27H33BFN3O5. The van der Waals surface area contributed by atoms with Crippen LogP contribution in [0.5, 0.6) is 0 Å². The van der Waals surface area contributed by atoms with Crippen molar-refractivity contribution in [2.24, 2.45) is 0 Å². The SMILES string of the molecule is Cc1c(C(=O)Nc2ccc(B3OC(C)(C)C(C)(C)O3)cc2F)c(=O)n(-c2ccccc2)n1CC(C)(C)O. The number of halogens is 1. The van der Waals surface area contributed by atoms with E-state index >= 15 is 4.39 Å². The predicted octanol–water partition coefficient (Wildman–Crippen LogP) is 3.41. The zero-order valence-corrected chi connectivity index (χ0v) is 22.3. The van der Waals surface area contributed by atoms with Crippen LogP contribution >= 0.6 is 0 Å². The van der Waals surface area contributed by atoms with Gasteiger partial charge in [-0.15, -0.1) is 0 Å². The molecule has 1 amide bonds. The summed E-state index contributed by atoms with van der Waals surface area (Å²) in [6.07, 6.45) is 0. The molecule has 2 aromatic carbocycles. The Bertz CT molecular complexity index is 1370. The van der Waals surface area contributed by atoms with E-state index in [-0.39, 0.29) is 17.8 Å². The summed E-state index contributed by atoms with van der Waals surface area (Å²) in [4.78, 5) is 26.7. The third-order valence-corrected chi connectivity index (χ3v) is 6.93. The highest BCUT2D eigenvalue weighted by molar-refractivity contribution is 6.62. The maximum absolute atomic E-state index is 15.1. The Morgan fingerprint density at radius 1 is 1.08 bits per heavy atom. The third kappa shape index (κ3) is 5.14. The molecule has 2 N–H and O–H groups in total. The summed E-state index contributed by atoms with van der Waals surface area (Å²) in [6, 6.07) is 13.1. The van der Waals surface area contributed by atoms with E-state index in [1.54, 1.807) is 55.8 Å². The van der Waals surface area contributed by atoms with Crippen LogP contribution in [-0.2, 0) is 15.9 Å². The number of aromatic nitrogens is 2. The van der Waals surface area contributed by atoms with Gasteiger partial charge in [-0.05, 0) is 78.2 Å². The Balaban J connectivity index is 1.66. The van der Waals surface area contributed by atoms with Gasteiger partial charge in [-0.3, -0.25) is 14.3 Å². The fourth-order valence-electron chi connectivity index (χ4n) is 4.24. The first kappa shape index (κ1) is 26.8. The molecule has 0 aliphatic carbocycles. The lowest BCUT2D eigenvalue weighted by Crippen LogP contribution is -2.41. The molecule has 196 valence electrons. The molecule has 0 spiro atoms. The van der Waals surface area contributed by atoms with Crippen molar-refractivity contribution in [3.63, 3.8) is 0 Å². The van der Waals surface area contributed by atoms with Crippen LogP contribution in [0.15, 0.2) is 53.3 Å². The molecule has 8 nitrogen and oxygen atoms in total. The van der Waals surface area contributed by atoms with Crippen LogP contribution < -0.4 is 16.3 Å². The molecular weight excluding hydrogens is 476 g/mol. The molecule has 0 bridgehead atoms. The molecule has 0 saturated carbocycles. The van der Waals surface area contributed by atoms with E-state index in [1.165, 1.54) is 16.8 Å².